The summed E-state index contributed by atoms with van der Waals surface area (Å²) in [5, 5.41) is 3.02. The van der Waals surface area contributed by atoms with Crippen LogP contribution >= 0.6 is 0 Å². The molecule has 1 aromatic heterocycles. The third-order valence-electron chi connectivity index (χ3n) is 6.07. The molecule has 6 nitrogen and oxygen atoms in total. The lowest BCUT2D eigenvalue weighted by Crippen LogP contribution is -2.35. The number of H-pyrrole nitrogens is 1. The van der Waals surface area contributed by atoms with Crippen molar-refractivity contribution in [2.75, 3.05) is 11.4 Å². The van der Waals surface area contributed by atoms with Crippen LogP contribution < -0.4 is 10.2 Å². The summed E-state index contributed by atoms with van der Waals surface area (Å²) in [5.74, 6) is 0.288. The molecule has 1 aliphatic heterocycles. The van der Waals surface area contributed by atoms with E-state index in [0.717, 1.165) is 35.4 Å². The maximum atomic E-state index is 12.8. The predicted molar refractivity (Wildman–Crippen MR) is 112 cm³/mol. The fraction of sp³-hybridized carbons (Fsp3) is 0.348. The lowest BCUT2D eigenvalue weighted by Gasteiger charge is -2.19. The van der Waals surface area contributed by atoms with Gasteiger partial charge < -0.3 is 15.2 Å². The number of fused-ring (bicyclic) bond motifs is 2. The molecule has 0 spiro atoms. The second-order valence-electron chi connectivity index (χ2n) is 8.08. The number of carbonyl (C=O) groups excluding carboxylic acids is 2. The van der Waals surface area contributed by atoms with Gasteiger partial charge in [-0.1, -0.05) is 18.2 Å². The number of nitrogens with one attached hydrogen (secondary N) is 2. The van der Waals surface area contributed by atoms with Gasteiger partial charge in [-0.25, -0.2) is 4.98 Å². The SMILES string of the molecule is C[C@H](NC(=O)[C@@H]1CC(=O)N(c2ccc3c(c2)CCC3)C1)c1nc2ccccc2[nH]1. The summed E-state index contributed by atoms with van der Waals surface area (Å²) in [6.45, 7) is 2.33. The van der Waals surface area contributed by atoms with Gasteiger partial charge in [-0.3, -0.25) is 9.59 Å². The summed E-state index contributed by atoms with van der Waals surface area (Å²) in [6, 6.07) is 13.8. The van der Waals surface area contributed by atoms with E-state index in [4.69, 9.17) is 0 Å². The first-order valence-corrected chi connectivity index (χ1v) is 10.3. The van der Waals surface area contributed by atoms with Gasteiger partial charge in [-0.15, -0.1) is 0 Å². The van der Waals surface area contributed by atoms with Gasteiger partial charge in [-0.2, -0.15) is 0 Å². The molecule has 1 fully saturated rings. The van der Waals surface area contributed by atoms with Gasteiger partial charge in [0.1, 0.15) is 5.82 Å². The van der Waals surface area contributed by atoms with Gasteiger partial charge >= 0.3 is 0 Å². The van der Waals surface area contributed by atoms with Gasteiger partial charge in [-0.05, 0) is 61.6 Å². The van der Waals surface area contributed by atoms with Gasteiger partial charge in [0.05, 0.1) is 23.0 Å². The van der Waals surface area contributed by atoms with Crippen LogP contribution in [0.15, 0.2) is 42.5 Å². The molecule has 5 rings (SSSR count). The molecule has 2 N–H and O–H groups in total. The van der Waals surface area contributed by atoms with Gasteiger partial charge in [0, 0.05) is 18.7 Å². The fourth-order valence-electron chi connectivity index (χ4n) is 4.44. The maximum Gasteiger partial charge on any atom is 0.227 e. The number of aromatic amines is 1. The molecule has 6 heteroatoms. The summed E-state index contributed by atoms with van der Waals surface area (Å²) in [6.07, 6.45) is 3.62. The van der Waals surface area contributed by atoms with E-state index >= 15 is 0 Å². The molecule has 1 saturated heterocycles. The van der Waals surface area contributed by atoms with E-state index in [1.165, 1.54) is 17.5 Å². The molecule has 1 aliphatic carbocycles. The number of para-hydroxylation sites is 2. The van der Waals surface area contributed by atoms with Crippen LogP contribution in [0.4, 0.5) is 5.69 Å². The van der Waals surface area contributed by atoms with E-state index in [1.807, 2.05) is 37.3 Å². The van der Waals surface area contributed by atoms with Gasteiger partial charge in [0.2, 0.25) is 11.8 Å². The third kappa shape index (κ3) is 3.28. The van der Waals surface area contributed by atoms with Gasteiger partial charge in [0.15, 0.2) is 0 Å². The number of amides is 2. The molecule has 2 heterocycles. The Bertz CT molecular complexity index is 1070. The van der Waals surface area contributed by atoms with Crippen LogP contribution in [0.5, 0.6) is 0 Å². The van der Waals surface area contributed by atoms with Crippen LogP contribution in [0.1, 0.15) is 42.8 Å². The lowest BCUT2D eigenvalue weighted by molar-refractivity contribution is -0.126. The molecule has 2 aromatic carbocycles. The zero-order chi connectivity index (χ0) is 20.0. The molecule has 2 atom stereocenters. The standard InChI is InChI=1S/C23H24N4O2/c1-14(22-25-19-7-2-3-8-20(19)26-22)24-23(29)17-12-21(28)27(13-17)18-10-9-15-5-4-6-16(15)11-18/h2-3,7-11,14,17H,4-6,12-13H2,1H3,(H,24,29)(H,25,26)/t14-,17+/m0/s1. The van der Waals surface area contributed by atoms with Crippen LogP contribution in [0.3, 0.4) is 0 Å². The normalized spacial score (nSPS) is 19.6. The van der Waals surface area contributed by atoms with Crippen molar-refractivity contribution in [2.24, 2.45) is 5.92 Å². The molecule has 0 unspecified atom stereocenters. The molecule has 29 heavy (non-hydrogen) atoms. The number of nitrogens with zero attached hydrogens (tertiary/aromatic N) is 2. The first-order valence-electron chi connectivity index (χ1n) is 10.3. The zero-order valence-corrected chi connectivity index (χ0v) is 16.4. The van der Waals surface area contributed by atoms with Crippen molar-refractivity contribution >= 4 is 28.5 Å². The molecule has 148 valence electrons. The Morgan fingerprint density at radius 1 is 1.21 bits per heavy atom. The lowest BCUT2D eigenvalue weighted by atomic mass is 10.1. The number of imidazole rings is 1. The number of rotatable bonds is 4. The average molecular weight is 388 g/mol. The fourth-order valence-corrected chi connectivity index (χ4v) is 4.44. The average Bonchev–Trinajstić information content (AvgIpc) is 3.44. The predicted octanol–water partition coefficient (Wildman–Crippen LogP) is 3.28. The molecular weight excluding hydrogens is 364 g/mol. The van der Waals surface area contributed by atoms with E-state index in [9.17, 15) is 9.59 Å². The van der Waals surface area contributed by atoms with E-state index < -0.39 is 0 Å². The first kappa shape index (κ1) is 17.9. The summed E-state index contributed by atoms with van der Waals surface area (Å²) in [4.78, 5) is 35.0. The number of carbonyl (C=O) groups is 2. The Morgan fingerprint density at radius 3 is 2.90 bits per heavy atom. The highest BCUT2D eigenvalue weighted by Gasteiger charge is 2.36. The van der Waals surface area contributed by atoms with Crippen molar-refractivity contribution in [2.45, 2.75) is 38.6 Å². The maximum absolute atomic E-state index is 12.8. The number of aromatic nitrogens is 2. The Hall–Kier alpha value is -3.15. The van der Waals surface area contributed by atoms with Crippen LogP contribution in [0, 0.1) is 5.92 Å². The number of hydrogen-bond donors (Lipinski definition) is 2. The number of hydrogen-bond acceptors (Lipinski definition) is 3. The van der Waals surface area contributed by atoms with Crippen molar-refractivity contribution in [1.82, 2.24) is 15.3 Å². The van der Waals surface area contributed by atoms with Gasteiger partial charge in [0.25, 0.3) is 0 Å². The van der Waals surface area contributed by atoms with Crippen LogP contribution in [0.2, 0.25) is 0 Å². The minimum Gasteiger partial charge on any atom is -0.346 e. The highest BCUT2D eigenvalue weighted by Crippen LogP contribution is 2.31. The quantitative estimate of drug-likeness (QED) is 0.720. The van der Waals surface area contributed by atoms with Crippen molar-refractivity contribution in [3.63, 3.8) is 0 Å². The number of benzene rings is 2. The summed E-state index contributed by atoms with van der Waals surface area (Å²) >= 11 is 0. The topological polar surface area (TPSA) is 78.1 Å². The highest BCUT2D eigenvalue weighted by molar-refractivity contribution is 6.00. The Labute approximate surface area is 169 Å². The minimum absolute atomic E-state index is 0.0134. The molecule has 2 amide bonds. The third-order valence-corrected chi connectivity index (χ3v) is 6.07. The Kier molecular flexibility index (Phi) is 4.34. The summed E-state index contributed by atoms with van der Waals surface area (Å²) in [5.41, 5.74) is 5.46. The zero-order valence-electron chi connectivity index (χ0n) is 16.4. The second kappa shape index (κ2) is 7.03. The molecular formula is C23H24N4O2. The van der Waals surface area contributed by atoms with Crippen molar-refractivity contribution in [3.8, 4) is 0 Å². The van der Waals surface area contributed by atoms with E-state index in [0.29, 0.717) is 6.54 Å². The first-order chi connectivity index (χ1) is 14.1. The summed E-state index contributed by atoms with van der Waals surface area (Å²) < 4.78 is 0. The molecule has 0 bridgehead atoms. The van der Waals surface area contributed by atoms with E-state index in [2.05, 4.69) is 27.4 Å². The Morgan fingerprint density at radius 2 is 2.03 bits per heavy atom. The largest absolute Gasteiger partial charge is 0.346 e. The molecule has 3 aromatic rings. The monoisotopic (exact) mass is 388 g/mol. The summed E-state index contributed by atoms with van der Waals surface area (Å²) in [7, 11) is 0. The van der Waals surface area contributed by atoms with Crippen LogP contribution in [0.25, 0.3) is 11.0 Å². The smallest absolute Gasteiger partial charge is 0.227 e. The van der Waals surface area contributed by atoms with Crippen molar-refractivity contribution in [1.29, 1.82) is 0 Å². The minimum atomic E-state index is -0.345. The van der Waals surface area contributed by atoms with Crippen molar-refractivity contribution < 1.29 is 9.59 Å². The number of anilines is 1. The molecule has 0 saturated carbocycles. The molecule has 0 radical (unpaired) electrons. The second-order valence-corrected chi connectivity index (χ2v) is 8.08. The number of aryl methyl sites for hydroxylation is 2. The Balaban J connectivity index is 1.27. The van der Waals surface area contributed by atoms with Crippen LogP contribution in [-0.4, -0.2) is 28.3 Å². The van der Waals surface area contributed by atoms with Crippen LogP contribution in [-0.2, 0) is 22.4 Å². The van der Waals surface area contributed by atoms with E-state index in [-0.39, 0.29) is 30.2 Å². The highest BCUT2D eigenvalue weighted by atomic mass is 16.2. The van der Waals surface area contributed by atoms with E-state index in [1.54, 1.807) is 4.90 Å². The molecule has 2 aliphatic rings. The van der Waals surface area contributed by atoms with Crippen molar-refractivity contribution in [3.05, 3.63) is 59.4 Å².